The van der Waals surface area contributed by atoms with Gasteiger partial charge in [0.1, 0.15) is 11.6 Å². The summed E-state index contributed by atoms with van der Waals surface area (Å²) in [5.74, 6) is 0.656. The Labute approximate surface area is 102 Å². The SMILES string of the molecule is CNCc1cc(F)cnc1N1CCC(C)(C)C1. The van der Waals surface area contributed by atoms with Gasteiger partial charge in [-0.25, -0.2) is 9.37 Å². The largest absolute Gasteiger partial charge is 0.356 e. The Balaban J connectivity index is 2.26. The van der Waals surface area contributed by atoms with Crippen LogP contribution in [0.1, 0.15) is 25.8 Å². The molecule has 2 rings (SSSR count). The van der Waals surface area contributed by atoms with E-state index in [1.807, 2.05) is 7.05 Å². The van der Waals surface area contributed by atoms with Crippen LogP contribution in [0.15, 0.2) is 12.3 Å². The highest BCUT2D eigenvalue weighted by Crippen LogP contribution is 2.33. The van der Waals surface area contributed by atoms with Crippen LogP contribution in [0.3, 0.4) is 0 Å². The van der Waals surface area contributed by atoms with Gasteiger partial charge in [0.25, 0.3) is 0 Å². The number of pyridine rings is 1. The Hall–Kier alpha value is -1.16. The molecule has 0 unspecified atom stereocenters. The van der Waals surface area contributed by atoms with E-state index in [2.05, 4.69) is 29.0 Å². The number of nitrogens with zero attached hydrogens (tertiary/aromatic N) is 2. The molecule has 2 heterocycles. The van der Waals surface area contributed by atoms with E-state index in [0.717, 1.165) is 30.9 Å². The van der Waals surface area contributed by atoms with Crippen molar-refractivity contribution in [3.05, 3.63) is 23.6 Å². The van der Waals surface area contributed by atoms with Gasteiger partial charge in [-0.1, -0.05) is 13.8 Å². The molecule has 0 radical (unpaired) electrons. The van der Waals surface area contributed by atoms with E-state index in [-0.39, 0.29) is 5.82 Å². The molecule has 0 spiro atoms. The van der Waals surface area contributed by atoms with E-state index >= 15 is 0 Å². The van der Waals surface area contributed by atoms with Gasteiger partial charge in [0, 0.05) is 25.2 Å². The third-order valence-corrected chi connectivity index (χ3v) is 3.25. The van der Waals surface area contributed by atoms with Crippen molar-refractivity contribution in [2.45, 2.75) is 26.8 Å². The molecule has 1 aromatic rings. The molecule has 1 aliphatic heterocycles. The Morgan fingerprint density at radius 3 is 2.88 bits per heavy atom. The predicted molar refractivity (Wildman–Crippen MR) is 67.6 cm³/mol. The molecule has 3 nitrogen and oxygen atoms in total. The van der Waals surface area contributed by atoms with Crippen LogP contribution >= 0.6 is 0 Å². The summed E-state index contributed by atoms with van der Waals surface area (Å²) in [6.45, 7) is 7.16. The summed E-state index contributed by atoms with van der Waals surface area (Å²) in [5, 5.41) is 3.06. The highest BCUT2D eigenvalue weighted by Gasteiger charge is 2.30. The maximum atomic E-state index is 13.2. The van der Waals surface area contributed by atoms with E-state index in [1.165, 1.54) is 6.20 Å². The number of nitrogens with one attached hydrogen (secondary N) is 1. The topological polar surface area (TPSA) is 28.2 Å². The lowest BCUT2D eigenvalue weighted by Crippen LogP contribution is -2.25. The van der Waals surface area contributed by atoms with Gasteiger partial charge in [0.15, 0.2) is 0 Å². The highest BCUT2D eigenvalue weighted by molar-refractivity contribution is 5.48. The van der Waals surface area contributed by atoms with Crippen molar-refractivity contribution >= 4 is 5.82 Å². The number of rotatable bonds is 3. The van der Waals surface area contributed by atoms with Crippen molar-refractivity contribution in [3.63, 3.8) is 0 Å². The Bertz CT molecular complexity index is 404. The van der Waals surface area contributed by atoms with Gasteiger partial charge in [0.2, 0.25) is 0 Å². The van der Waals surface area contributed by atoms with Gasteiger partial charge >= 0.3 is 0 Å². The van der Waals surface area contributed by atoms with Crippen molar-refractivity contribution in [2.24, 2.45) is 5.41 Å². The van der Waals surface area contributed by atoms with Crippen LogP contribution in [-0.4, -0.2) is 25.1 Å². The Morgan fingerprint density at radius 2 is 2.29 bits per heavy atom. The number of hydrogen-bond acceptors (Lipinski definition) is 3. The minimum atomic E-state index is -0.266. The summed E-state index contributed by atoms with van der Waals surface area (Å²) in [5.41, 5.74) is 1.26. The second-order valence-electron chi connectivity index (χ2n) is 5.50. The molecule has 0 atom stereocenters. The fourth-order valence-corrected chi connectivity index (χ4v) is 2.37. The summed E-state index contributed by atoms with van der Waals surface area (Å²) in [4.78, 5) is 6.51. The first kappa shape index (κ1) is 12.3. The third kappa shape index (κ3) is 2.75. The van der Waals surface area contributed by atoms with Crippen molar-refractivity contribution in [1.82, 2.24) is 10.3 Å². The quantitative estimate of drug-likeness (QED) is 0.873. The van der Waals surface area contributed by atoms with Gasteiger partial charge in [-0.3, -0.25) is 0 Å². The van der Waals surface area contributed by atoms with Crippen molar-refractivity contribution < 1.29 is 4.39 Å². The lowest BCUT2D eigenvalue weighted by atomic mass is 9.93. The summed E-state index contributed by atoms with van der Waals surface area (Å²) in [6.07, 6.45) is 2.46. The molecule has 1 aliphatic rings. The molecule has 0 saturated carbocycles. The van der Waals surface area contributed by atoms with Crippen LogP contribution in [0.5, 0.6) is 0 Å². The van der Waals surface area contributed by atoms with Crippen molar-refractivity contribution in [3.8, 4) is 0 Å². The second-order valence-corrected chi connectivity index (χ2v) is 5.50. The molecule has 0 bridgehead atoms. The molecule has 1 aromatic heterocycles. The van der Waals surface area contributed by atoms with Crippen LogP contribution < -0.4 is 10.2 Å². The highest BCUT2D eigenvalue weighted by atomic mass is 19.1. The van der Waals surface area contributed by atoms with Crippen molar-refractivity contribution in [1.29, 1.82) is 0 Å². The molecule has 1 fully saturated rings. The first-order valence-corrected chi connectivity index (χ1v) is 6.06. The summed E-state index contributed by atoms with van der Waals surface area (Å²) in [7, 11) is 1.86. The molecular formula is C13H20FN3. The fraction of sp³-hybridized carbons (Fsp3) is 0.615. The van der Waals surface area contributed by atoms with Crippen molar-refractivity contribution in [2.75, 3.05) is 25.0 Å². The van der Waals surface area contributed by atoms with Gasteiger partial charge in [-0.05, 0) is 24.9 Å². The summed E-state index contributed by atoms with van der Waals surface area (Å²) >= 11 is 0. The molecule has 1 N–H and O–H groups in total. The molecule has 94 valence electrons. The van der Waals surface area contributed by atoms with Gasteiger partial charge in [0.05, 0.1) is 6.20 Å². The Morgan fingerprint density at radius 1 is 1.53 bits per heavy atom. The summed E-state index contributed by atoms with van der Waals surface area (Å²) in [6, 6.07) is 1.57. The fourth-order valence-electron chi connectivity index (χ4n) is 2.37. The molecule has 0 aliphatic carbocycles. The molecule has 17 heavy (non-hydrogen) atoms. The van der Waals surface area contributed by atoms with Crippen LogP contribution in [-0.2, 0) is 6.54 Å². The molecule has 0 amide bonds. The smallest absolute Gasteiger partial charge is 0.141 e. The minimum Gasteiger partial charge on any atom is -0.356 e. The summed E-state index contributed by atoms with van der Waals surface area (Å²) < 4.78 is 13.2. The lowest BCUT2D eigenvalue weighted by Gasteiger charge is -2.23. The van der Waals surface area contributed by atoms with E-state index in [9.17, 15) is 4.39 Å². The zero-order valence-electron chi connectivity index (χ0n) is 10.8. The van der Waals surface area contributed by atoms with Crippen LogP contribution in [0.25, 0.3) is 0 Å². The average Bonchev–Trinajstić information content (AvgIpc) is 2.59. The zero-order valence-corrected chi connectivity index (χ0v) is 10.8. The maximum absolute atomic E-state index is 13.2. The number of halogens is 1. The standard InChI is InChI=1S/C13H20FN3/c1-13(2)4-5-17(9-13)12-10(7-15-3)6-11(14)8-16-12/h6,8,15H,4-5,7,9H2,1-3H3. The monoisotopic (exact) mass is 237 g/mol. The first-order valence-electron chi connectivity index (χ1n) is 6.06. The maximum Gasteiger partial charge on any atom is 0.141 e. The van der Waals surface area contributed by atoms with Crippen LogP contribution in [0.4, 0.5) is 10.2 Å². The average molecular weight is 237 g/mol. The molecular weight excluding hydrogens is 217 g/mol. The predicted octanol–water partition coefficient (Wildman–Crippen LogP) is 2.18. The third-order valence-electron chi connectivity index (χ3n) is 3.25. The van der Waals surface area contributed by atoms with E-state index in [1.54, 1.807) is 6.07 Å². The van der Waals surface area contributed by atoms with E-state index in [0.29, 0.717) is 12.0 Å². The van der Waals surface area contributed by atoms with Gasteiger partial charge in [-0.15, -0.1) is 0 Å². The van der Waals surface area contributed by atoms with E-state index in [4.69, 9.17) is 0 Å². The van der Waals surface area contributed by atoms with Crippen LogP contribution in [0, 0.1) is 11.2 Å². The molecule has 4 heteroatoms. The minimum absolute atomic E-state index is 0.266. The number of anilines is 1. The molecule has 1 saturated heterocycles. The van der Waals surface area contributed by atoms with Gasteiger partial charge < -0.3 is 10.2 Å². The van der Waals surface area contributed by atoms with Gasteiger partial charge in [-0.2, -0.15) is 0 Å². The number of aromatic nitrogens is 1. The second kappa shape index (κ2) is 4.61. The molecule has 0 aromatic carbocycles. The Kier molecular flexibility index (Phi) is 3.33. The first-order chi connectivity index (χ1) is 8.02. The number of hydrogen-bond donors (Lipinski definition) is 1. The normalized spacial score (nSPS) is 18.7. The zero-order chi connectivity index (χ0) is 12.5. The lowest BCUT2D eigenvalue weighted by molar-refractivity contribution is 0.418. The van der Waals surface area contributed by atoms with Crippen LogP contribution in [0.2, 0.25) is 0 Å². The van der Waals surface area contributed by atoms with E-state index < -0.39 is 0 Å².